The van der Waals surface area contributed by atoms with Gasteiger partial charge in [0.2, 0.25) is 12.7 Å². The topological polar surface area (TPSA) is 63.3 Å². The fourth-order valence-corrected chi connectivity index (χ4v) is 4.92. The van der Waals surface area contributed by atoms with Crippen molar-refractivity contribution in [1.82, 2.24) is 15.1 Å². The first kappa shape index (κ1) is 23.4. The molecule has 1 saturated carbocycles. The van der Waals surface area contributed by atoms with Gasteiger partial charge in [-0.05, 0) is 37.0 Å². The highest BCUT2D eigenvalue weighted by molar-refractivity contribution is 5.85. The van der Waals surface area contributed by atoms with Crippen LogP contribution in [0.1, 0.15) is 24.8 Å². The van der Waals surface area contributed by atoms with Crippen LogP contribution in [0.15, 0.2) is 18.2 Å². The number of carbonyl (C=O) groups excluding carboxylic acids is 1. The molecule has 0 aromatic heterocycles. The van der Waals surface area contributed by atoms with Crippen LogP contribution in [0.5, 0.6) is 11.5 Å². The molecule has 0 unspecified atom stereocenters. The van der Waals surface area contributed by atoms with Gasteiger partial charge in [0, 0.05) is 51.2 Å². The molecule has 4 aliphatic rings. The molecule has 1 N–H and O–H groups in total. The second-order valence-corrected chi connectivity index (χ2v) is 8.27. The zero-order valence-corrected chi connectivity index (χ0v) is 18.7. The Labute approximate surface area is 190 Å². The quantitative estimate of drug-likeness (QED) is 0.746. The van der Waals surface area contributed by atoms with E-state index < -0.39 is 0 Å². The third-order valence-corrected chi connectivity index (χ3v) is 6.50. The van der Waals surface area contributed by atoms with Crippen LogP contribution in [0.3, 0.4) is 0 Å². The number of hydrogen-bond donors (Lipinski definition) is 1. The molecule has 1 aliphatic carbocycles. The fourth-order valence-electron chi connectivity index (χ4n) is 4.92. The summed E-state index contributed by atoms with van der Waals surface area (Å²) in [6, 6.07) is 6.50. The summed E-state index contributed by atoms with van der Waals surface area (Å²) in [5, 5.41) is 3.54. The van der Waals surface area contributed by atoms with E-state index in [-0.39, 0.29) is 30.7 Å². The molecule has 7 nitrogen and oxygen atoms in total. The van der Waals surface area contributed by atoms with Gasteiger partial charge in [0.15, 0.2) is 11.5 Å². The van der Waals surface area contributed by atoms with Gasteiger partial charge >= 0.3 is 0 Å². The highest BCUT2D eigenvalue weighted by Gasteiger charge is 2.37. The molecule has 5 rings (SSSR count). The third kappa shape index (κ3) is 4.97. The maximum Gasteiger partial charge on any atom is 0.231 e. The van der Waals surface area contributed by atoms with Crippen molar-refractivity contribution in [2.45, 2.75) is 38.0 Å². The number of morpholine rings is 1. The second kappa shape index (κ2) is 10.4. The predicted octanol–water partition coefficient (Wildman–Crippen LogP) is 2.06. The monoisotopic (exact) mass is 459 g/mol. The van der Waals surface area contributed by atoms with Crippen molar-refractivity contribution in [3.05, 3.63) is 23.8 Å². The molecule has 3 heterocycles. The van der Waals surface area contributed by atoms with E-state index in [0.717, 1.165) is 76.6 Å². The van der Waals surface area contributed by atoms with Gasteiger partial charge < -0.3 is 24.4 Å². The van der Waals surface area contributed by atoms with E-state index in [9.17, 15) is 4.79 Å². The largest absolute Gasteiger partial charge is 0.454 e. The Hall–Kier alpha value is -1.25. The average Bonchev–Trinajstić information content (AvgIpc) is 3.21. The summed E-state index contributed by atoms with van der Waals surface area (Å²) in [5.41, 5.74) is 1.23. The first-order chi connectivity index (χ1) is 13.8. The van der Waals surface area contributed by atoms with Crippen LogP contribution in [0.4, 0.5) is 0 Å². The molecule has 30 heavy (non-hydrogen) atoms. The summed E-state index contributed by atoms with van der Waals surface area (Å²) in [6.45, 7) is 6.36. The number of rotatable bonds is 3. The number of amides is 1. The van der Waals surface area contributed by atoms with Crippen LogP contribution < -0.4 is 14.8 Å². The summed E-state index contributed by atoms with van der Waals surface area (Å²) >= 11 is 0. The van der Waals surface area contributed by atoms with E-state index in [0.29, 0.717) is 24.8 Å². The normalized spacial score (nSPS) is 28.1. The zero-order valence-electron chi connectivity index (χ0n) is 17.1. The minimum atomic E-state index is 0. The number of nitrogens with zero attached hydrogens (tertiary/aromatic N) is 2. The average molecular weight is 460 g/mol. The molecule has 0 spiro atoms. The number of fused-ring (bicyclic) bond motifs is 2. The van der Waals surface area contributed by atoms with E-state index in [1.54, 1.807) is 0 Å². The predicted molar refractivity (Wildman–Crippen MR) is 118 cm³/mol. The highest BCUT2D eigenvalue weighted by Crippen LogP contribution is 2.33. The fraction of sp³-hybridized carbons (Fsp3) is 0.667. The van der Waals surface area contributed by atoms with Crippen molar-refractivity contribution in [2.75, 3.05) is 46.1 Å². The molecule has 3 atom stereocenters. The summed E-state index contributed by atoms with van der Waals surface area (Å²) in [6.07, 6.45) is 3.18. The minimum Gasteiger partial charge on any atom is -0.454 e. The van der Waals surface area contributed by atoms with Gasteiger partial charge in [-0.1, -0.05) is 6.07 Å². The van der Waals surface area contributed by atoms with Gasteiger partial charge in [-0.25, -0.2) is 0 Å². The van der Waals surface area contributed by atoms with Gasteiger partial charge in [-0.2, -0.15) is 0 Å². The SMILES string of the molecule is Cl.Cl.O=C([C@H]1CC[C@H]2OCCN[C@@H]2C1)N1CCN(Cc2ccc3c(c2)OCO3)CC1. The van der Waals surface area contributed by atoms with E-state index >= 15 is 0 Å². The van der Waals surface area contributed by atoms with Crippen molar-refractivity contribution in [1.29, 1.82) is 0 Å². The zero-order chi connectivity index (χ0) is 18.9. The number of benzene rings is 1. The van der Waals surface area contributed by atoms with Crippen LogP contribution in [0.2, 0.25) is 0 Å². The Morgan fingerprint density at radius 1 is 1.07 bits per heavy atom. The Balaban J connectivity index is 0.00000128. The number of hydrogen-bond acceptors (Lipinski definition) is 6. The first-order valence-electron chi connectivity index (χ1n) is 10.5. The lowest BCUT2D eigenvalue weighted by atomic mass is 9.82. The third-order valence-electron chi connectivity index (χ3n) is 6.50. The molecule has 9 heteroatoms. The molecule has 2 saturated heterocycles. The van der Waals surface area contributed by atoms with Crippen LogP contribution in [0.25, 0.3) is 0 Å². The van der Waals surface area contributed by atoms with Crippen molar-refractivity contribution in [3.63, 3.8) is 0 Å². The Morgan fingerprint density at radius 2 is 1.87 bits per heavy atom. The molecule has 0 bridgehead atoms. The summed E-state index contributed by atoms with van der Waals surface area (Å²) in [7, 11) is 0. The van der Waals surface area contributed by atoms with E-state index in [4.69, 9.17) is 14.2 Å². The number of carbonyl (C=O) groups is 1. The Kier molecular flexibility index (Phi) is 8.10. The molecule has 3 fully saturated rings. The maximum atomic E-state index is 13.0. The molecular weight excluding hydrogens is 429 g/mol. The van der Waals surface area contributed by atoms with E-state index in [2.05, 4.69) is 27.2 Å². The van der Waals surface area contributed by atoms with E-state index in [1.807, 2.05) is 6.07 Å². The molecule has 1 amide bonds. The van der Waals surface area contributed by atoms with Crippen LogP contribution >= 0.6 is 24.8 Å². The van der Waals surface area contributed by atoms with Crippen molar-refractivity contribution in [2.24, 2.45) is 5.92 Å². The standard InChI is InChI=1S/C21H29N3O4.2ClH/c25-21(16-2-4-18-17(12-16)22-5-10-26-18)24-8-6-23(7-9-24)13-15-1-3-19-20(11-15)28-14-27-19;;/h1,3,11,16-18,22H,2,4-10,12-14H2;2*1H/t16-,17+,18+;;/m0../s1. The Bertz CT molecular complexity index is 730. The number of piperazine rings is 1. The minimum absolute atomic E-state index is 0. The lowest BCUT2D eigenvalue weighted by Crippen LogP contribution is -2.55. The lowest BCUT2D eigenvalue weighted by Gasteiger charge is -2.42. The van der Waals surface area contributed by atoms with Crippen molar-refractivity contribution in [3.8, 4) is 11.5 Å². The van der Waals surface area contributed by atoms with Crippen molar-refractivity contribution >= 4 is 30.7 Å². The van der Waals surface area contributed by atoms with Crippen LogP contribution in [-0.2, 0) is 16.1 Å². The highest BCUT2D eigenvalue weighted by atomic mass is 35.5. The first-order valence-corrected chi connectivity index (χ1v) is 10.5. The van der Waals surface area contributed by atoms with Crippen molar-refractivity contribution < 1.29 is 19.0 Å². The molecule has 168 valence electrons. The van der Waals surface area contributed by atoms with Crippen LogP contribution in [0, 0.1) is 5.92 Å². The Morgan fingerprint density at radius 3 is 2.70 bits per heavy atom. The molecule has 3 aliphatic heterocycles. The molecule has 1 aromatic rings. The molecule has 0 radical (unpaired) electrons. The van der Waals surface area contributed by atoms with Gasteiger partial charge in [0.25, 0.3) is 0 Å². The van der Waals surface area contributed by atoms with Gasteiger partial charge in [-0.15, -0.1) is 24.8 Å². The second-order valence-electron chi connectivity index (χ2n) is 8.27. The summed E-state index contributed by atoms with van der Waals surface area (Å²) in [5.74, 6) is 2.15. The van der Waals surface area contributed by atoms with Gasteiger partial charge in [-0.3, -0.25) is 9.69 Å². The van der Waals surface area contributed by atoms with E-state index in [1.165, 1.54) is 5.56 Å². The number of ether oxygens (including phenoxy) is 3. The van der Waals surface area contributed by atoms with Gasteiger partial charge in [0.1, 0.15) is 0 Å². The number of halogens is 2. The number of nitrogens with one attached hydrogen (secondary N) is 1. The van der Waals surface area contributed by atoms with Crippen LogP contribution in [-0.4, -0.2) is 74.0 Å². The smallest absolute Gasteiger partial charge is 0.231 e. The lowest BCUT2D eigenvalue weighted by molar-refractivity contribution is -0.140. The maximum absolute atomic E-state index is 13.0. The molecular formula is C21H31Cl2N3O4. The summed E-state index contributed by atoms with van der Waals surface area (Å²) in [4.78, 5) is 17.5. The van der Waals surface area contributed by atoms with Gasteiger partial charge in [0.05, 0.1) is 12.7 Å². The molecule has 1 aromatic carbocycles. The summed E-state index contributed by atoms with van der Waals surface area (Å²) < 4.78 is 16.7.